The molecule has 0 saturated heterocycles. The molecule has 0 aliphatic carbocycles. The molecule has 0 N–H and O–H groups in total. The largest absolute Gasteiger partial charge is 0.490 e. The van der Waals surface area contributed by atoms with E-state index < -0.39 is 11.6 Å². The van der Waals surface area contributed by atoms with Crippen LogP contribution in [0.3, 0.4) is 0 Å². The van der Waals surface area contributed by atoms with Gasteiger partial charge < -0.3 is 19.3 Å². The fourth-order valence-corrected chi connectivity index (χ4v) is 8.25. The molecule has 0 spiro atoms. The highest BCUT2D eigenvalue weighted by Gasteiger charge is 2.34. The number of hydrogen-bond donors (Lipinski definition) is 0. The molecular weight excluding hydrogens is 699 g/mol. The average molecular weight is 741 g/mol. The Morgan fingerprint density at radius 1 is 1.06 bits per heavy atom. The Balaban J connectivity index is 1.42. The number of fused-ring (bicyclic) bond motifs is 3. The van der Waals surface area contributed by atoms with Crippen molar-refractivity contribution in [3.8, 4) is 39.5 Å². The maximum Gasteiger partial charge on any atom is 0.246 e. The van der Waals surface area contributed by atoms with Crippen LogP contribution in [0.25, 0.3) is 43.9 Å². The Bertz CT molecular complexity index is 2230. The Morgan fingerprint density at radius 2 is 1.87 bits per heavy atom. The van der Waals surface area contributed by atoms with Gasteiger partial charge in [0, 0.05) is 74.2 Å². The predicted octanol–water partition coefficient (Wildman–Crippen LogP) is 6.89. The molecule has 0 fully saturated rings. The van der Waals surface area contributed by atoms with Gasteiger partial charge in [-0.15, -0.1) is 11.3 Å². The Morgan fingerprint density at radius 3 is 2.62 bits per heavy atom. The standard InChI is InChI=1S/C40H42F2N6O4S/c1-7-34(49)47-20-23(2)48-32(24(47)3)19-31(44-48)39-37(36-30(42)17-28(41)18-33(36)52-14-13-51-6)40-29(11-15-53-40)38(43-39)26-8-9-27-21-46(12-10-25(27)16-26)22-35(50)45(4)5/h7-9,11,15-19,23-24H,1,10,12-14,20-22H2,2-6H3/t23-,24+/m0/s1. The summed E-state index contributed by atoms with van der Waals surface area (Å²) in [5.41, 5.74) is 6.15. The lowest BCUT2D eigenvalue weighted by Gasteiger charge is -2.36. The van der Waals surface area contributed by atoms with Crippen LogP contribution in [-0.2, 0) is 27.3 Å². The number of rotatable bonds is 10. The van der Waals surface area contributed by atoms with Gasteiger partial charge in [-0.3, -0.25) is 19.2 Å². The van der Waals surface area contributed by atoms with Gasteiger partial charge in [-0.25, -0.2) is 13.8 Å². The second-order valence-corrected chi connectivity index (χ2v) is 14.7. The van der Waals surface area contributed by atoms with E-state index in [1.54, 1.807) is 23.9 Å². The summed E-state index contributed by atoms with van der Waals surface area (Å²) in [4.78, 5) is 36.1. The van der Waals surface area contributed by atoms with Crippen LogP contribution in [0, 0.1) is 11.6 Å². The topological polar surface area (TPSA) is 93.0 Å². The normalized spacial score (nSPS) is 17.1. The van der Waals surface area contributed by atoms with Crippen molar-refractivity contribution < 1.29 is 27.8 Å². The maximum atomic E-state index is 16.3. The van der Waals surface area contributed by atoms with Crippen LogP contribution >= 0.6 is 11.3 Å². The number of benzene rings is 2. The molecule has 2 atom stereocenters. The van der Waals surface area contributed by atoms with Crippen molar-refractivity contribution in [1.29, 1.82) is 0 Å². The van der Waals surface area contributed by atoms with E-state index in [9.17, 15) is 14.0 Å². The van der Waals surface area contributed by atoms with E-state index in [2.05, 4.69) is 23.6 Å². The minimum absolute atomic E-state index is 0.0320. The van der Waals surface area contributed by atoms with Crippen molar-refractivity contribution in [1.82, 2.24) is 29.5 Å². The van der Waals surface area contributed by atoms with Gasteiger partial charge in [-0.05, 0) is 61.1 Å². The highest BCUT2D eigenvalue weighted by atomic mass is 32.1. The number of aromatic nitrogens is 3. The monoisotopic (exact) mass is 740 g/mol. The van der Waals surface area contributed by atoms with Crippen molar-refractivity contribution in [2.75, 3.05) is 54.1 Å². The minimum Gasteiger partial charge on any atom is -0.490 e. The van der Waals surface area contributed by atoms with Gasteiger partial charge in [0.1, 0.15) is 35.4 Å². The molecule has 53 heavy (non-hydrogen) atoms. The van der Waals surface area contributed by atoms with Crippen LogP contribution in [0.5, 0.6) is 5.75 Å². The van der Waals surface area contributed by atoms with E-state index in [0.29, 0.717) is 42.3 Å². The second-order valence-electron chi connectivity index (χ2n) is 13.8. The lowest BCUT2D eigenvalue weighted by Crippen LogP contribution is -2.42. The molecule has 0 saturated carbocycles. The molecule has 5 aromatic rings. The van der Waals surface area contributed by atoms with E-state index in [4.69, 9.17) is 19.6 Å². The fraction of sp³-hybridized carbons (Fsp3) is 0.350. The number of hydrogen-bond acceptors (Lipinski definition) is 8. The number of methoxy groups -OCH3 is 1. The summed E-state index contributed by atoms with van der Waals surface area (Å²) in [5.74, 6) is -1.63. The van der Waals surface area contributed by atoms with Gasteiger partial charge in [0.05, 0.1) is 42.2 Å². The van der Waals surface area contributed by atoms with Crippen LogP contribution in [0.4, 0.5) is 8.78 Å². The van der Waals surface area contributed by atoms with Gasteiger partial charge in [0.2, 0.25) is 11.8 Å². The quantitative estimate of drug-likeness (QED) is 0.114. The van der Waals surface area contributed by atoms with Crippen molar-refractivity contribution in [3.63, 3.8) is 0 Å². The predicted molar refractivity (Wildman–Crippen MR) is 202 cm³/mol. The summed E-state index contributed by atoms with van der Waals surface area (Å²) in [7, 11) is 5.06. The third-order valence-corrected chi connectivity index (χ3v) is 11.0. The first-order chi connectivity index (χ1) is 25.5. The van der Waals surface area contributed by atoms with Crippen molar-refractivity contribution in [3.05, 3.63) is 89.0 Å². The number of halogens is 2. The Hall–Kier alpha value is -4.98. The first kappa shape index (κ1) is 36.4. The summed E-state index contributed by atoms with van der Waals surface area (Å²) in [6, 6.07) is 11.7. The number of nitrogens with zero attached hydrogens (tertiary/aromatic N) is 6. The van der Waals surface area contributed by atoms with Crippen LogP contribution < -0.4 is 4.74 Å². The third kappa shape index (κ3) is 6.84. The van der Waals surface area contributed by atoms with Gasteiger partial charge in [-0.2, -0.15) is 5.10 Å². The number of pyridine rings is 1. The molecule has 2 aromatic carbocycles. The van der Waals surface area contributed by atoms with E-state index in [0.717, 1.165) is 45.9 Å². The van der Waals surface area contributed by atoms with Crippen molar-refractivity contribution in [2.45, 2.75) is 38.9 Å². The number of ether oxygens (including phenoxy) is 2. The van der Waals surface area contributed by atoms with Crippen molar-refractivity contribution >= 4 is 33.2 Å². The molecule has 13 heteroatoms. The smallest absolute Gasteiger partial charge is 0.246 e. The first-order valence-corrected chi connectivity index (χ1v) is 18.5. The molecule has 276 valence electrons. The lowest BCUT2D eigenvalue weighted by molar-refractivity contribution is -0.130. The summed E-state index contributed by atoms with van der Waals surface area (Å²) in [6.45, 7) is 10.1. The summed E-state index contributed by atoms with van der Waals surface area (Å²) >= 11 is 1.43. The Labute approximate surface area is 311 Å². The van der Waals surface area contributed by atoms with E-state index >= 15 is 4.39 Å². The van der Waals surface area contributed by atoms with Crippen molar-refractivity contribution in [2.24, 2.45) is 0 Å². The molecule has 0 bridgehead atoms. The van der Waals surface area contributed by atoms with Gasteiger partial charge in [0.25, 0.3) is 0 Å². The highest BCUT2D eigenvalue weighted by molar-refractivity contribution is 7.18. The zero-order chi connectivity index (χ0) is 37.6. The van der Waals surface area contributed by atoms with Gasteiger partial charge in [-0.1, -0.05) is 18.7 Å². The van der Waals surface area contributed by atoms with Crippen LogP contribution in [0.2, 0.25) is 0 Å². The number of amides is 2. The molecule has 2 aliphatic heterocycles. The summed E-state index contributed by atoms with van der Waals surface area (Å²) in [6.07, 6.45) is 2.09. The fourth-order valence-electron chi connectivity index (χ4n) is 7.30. The van der Waals surface area contributed by atoms with E-state index in [1.165, 1.54) is 36.2 Å². The highest BCUT2D eigenvalue weighted by Crippen LogP contribution is 2.48. The molecule has 3 aromatic heterocycles. The molecule has 2 aliphatic rings. The SMILES string of the molecule is C=CC(=O)N1C[C@H](C)n2nc(-c3nc(-c4ccc5c(c4)CCN(CC(=O)N(C)C)C5)c4ccsc4c3-c3c(F)cc(F)cc3OCCOC)cc2[C@H]1C. The van der Waals surface area contributed by atoms with Gasteiger partial charge in [0.15, 0.2) is 0 Å². The molecule has 5 heterocycles. The zero-order valence-corrected chi connectivity index (χ0v) is 31.3. The third-order valence-electron chi connectivity index (χ3n) is 10.1. The van der Waals surface area contributed by atoms with E-state index in [1.807, 2.05) is 42.1 Å². The number of thiophene rings is 1. The Kier molecular flexibility index (Phi) is 10.2. The van der Waals surface area contributed by atoms with Gasteiger partial charge >= 0.3 is 0 Å². The minimum atomic E-state index is -0.789. The van der Waals surface area contributed by atoms with Crippen LogP contribution in [0.15, 0.2) is 60.5 Å². The van der Waals surface area contributed by atoms with E-state index in [-0.39, 0.29) is 48.4 Å². The molecular formula is C40H42F2N6O4S. The maximum absolute atomic E-state index is 16.3. The first-order valence-electron chi connectivity index (χ1n) is 17.6. The van der Waals surface area contributed by atoms with Crippen LogP contribution in [-0.4, -0.2) is 95.3 Å². The average Bonchev–Trinajstić information content (AvgIpc) is 3.81. The molecule has 7 rings (SSSR count). The number of carbonyl (C=O) groups is 2. The molecule has 0 unspecified atom stereocenters. The number of carbonyl (C=O) groups excluding carboxylic acids is 2. The lowest BCUT2D eigenvalue weighted by atomic mass is 9.93. The molecule has 0 radical (unpaired) electrons. The number of likely N-dealkylation sites (N-methyl/N-ethyl adjacent to an activating group) is 1. The molecule has 10 nitrogen and oxygen atoms in total. The molecule has 2 amide bonds. The zero-order valence-electron chi connectivity index (χ0n) is 30.5. The summed E-state index contributed by atoms with van der Waals surface area (Å²) < 4.78 is 44.8. The summed E-state index contributed by atoms with van der Waals surface area (Å²) in [5, 5.41) is 7.80. The second kappa shape index (κ2) is 14.8. The van der Waals surface area contributed by atoms with Crippen LogP contribution in [0.1, 0.15) is 42.8 Å².